The molecule has 1 N–H and O–H groups in total. The number of aryl methyl sites for hydroxylation is 2. The molecule has 0 saturated heterocycles. The number of benzene rings is 1. The normalized spacial score (nSPS) is 12.5. The highest BCUT2D eigenvalue weighted by Crippen LogP contribution is 2.32. The zero-order valence-electron chi connectivity index (χ0n) is 14.4. The summed E-state index contributed by atoms with van der Waals surface area (Å²) in [7, 11) is 0. The van der Waals surface area contributed by atoms with Crippen molar-refractivity contribution in [3.8, 4) is 11.5 Å². The Balaban J connectivity index is 1.33. The Labute approximate surface area is 153 Å². The van der Waals surface area contributed by atoms with Crippen LogP contribution in [0.2, 0.25) is 0 Å². The average molecular weight is 371 g/mol. The van der Waals surface area contributed by atoms with Gasteiger partial charge in [0, 0.05) is 17.9 Å². The maximum absolute atomic E-state index is 12.1. The lowest BCUT2D eigenvalue weighted by Gasteiger charge is -2.05. The van der Waals surface area contributed by atoms with Crippen LogP contribution in [0.25, 0.3) is 5.78 Å². The Kier molecular flexibility index (Phi) is 4.37. The van der Waals surface area contributed by atoms with Gasteiger partial charge in [0.15, 0.2) is 11.5 Å². The summed E-state index contributed by atoms with van der Waals surface area (Å²) in [4.78, 5) is 20.8. The fourth-order valence-electron chi connectivity index (χ4n) is 2.64. The molecule has 0 spiro atoms. The zero-order valence-corrected chi connectivity index (χ0v) is 15.2. The Bertz CT molecular complexity index is 988. The summed E-state index contributed by atoms with van der Waals surface area (Å²) < 4.78 is 12.3. The van der Waals surface area contributed by atoms with E-state index in [1.807, 2.05) is 38.1 Å². The Morgan fingerprint density at radius 2 is 2.08 bits per heavy atom. The summed E-state index contributed by atoms with van der Waals surface area (Å²) in [6.07, 6.45) is 0. The molecule has 3 aromatic rings. The molecule has 1 aliphatic heterocycles. The van der Waals surface area contributed by atoms with E-state index in [1.165, 1.54) is 11.8 Å². The van der Waals surface area contributed by atoms with E-state index in [4.69, 9.17) is 9.47 Å². The van der Waals surface area contributed by atoms with E-state index in [0.717, 1.165) is 22.7 Å². The first-order chi connectivity index (χ1) is 12.6. The second-order valence-corrected chi connectivity index (χ2v) is 6.84. The van der Waals surface area contributed by atoms with Crippen molar-refractivity contribution >= 4 is 23.4 Å². The van der Waals surface area contributed by atoms with Crippen molar-refractivity contribution < 1.29 is 14.3 Å². The van der Waals surface area contributed by atoms with Crippen LogP contribution in [-0.2, 0) is 11.3 Å². The van der Waals surface area contributed by atoms with Gasteiger partial charge < -0.3 is 14.8 Å². The minimum Gasteiger partial charge on any atom is -0.454 e. The monoisotopic (exact) mass is 371 g/mol. The fraction of sp³-hybridized carbons (Fsp3) is 0.294. The van der Waals surface area contributed by atoms with Gasteiger partial charge in [-0.1, -0.05) is 17.8 Å². The number of carbonyl (C=O) groups is 1. The van der Waals surface area contributed by atoms with Crippen LogP contribution in [0, 0.1) is 13.8 Å². The van der Waals surface area contributed by atoms with Crippen molar-refractivity contribution in [2.75, 3.05) is 12.5 Å². The largest absolute Gasteiger partial charge is 0.454 e. The predicted octanol–water partition coefficient (Wildman–Crippen LogP) is 1.88. The van der Waals surface area contributed by atoms with Crippen molar-refractivity contribution in [2.24, 2.45) is 0 Å². The van der Waals surface area contributed by atoms with E-state index in [9.17, 15) is 4.79 Å². The number of fused-ring (bicyclic) bond motifs is 2. The summed E-state index contributed by atoms with van der Waals surface area (Å²) in [6.45, 7) is 4.52. The smallest absolute Gasteiger partial charge is 0.253 e. The molecule has 0 fully saturated rings. The third-order valence-electron chi connectivity index (χ3n) is 3.86. The number of thioether (sulfide) groups is 1. The Hall–Kier alpha value is -2.81. The van der Waals surface area contributed by atoms with Crippen LogP contribution in [-0.4, -0.2) is 38.0 Å². The molecule has 0 unspecified atom stereocenters. The minimum atomic E-state index is -0.0904. The minimum absolute atomic E-state index is 0.0904. The summed E-state index contributed by atoms with van der Waals surface area (Å²) >= 11 is 1.28. The first-order valence-corrected chi connectivity index (χ1v) is 9.06. The van der Waals surface area contributed by atoms with Gasteiger partial charge in [-0.15, -0.1) is 5.10 Å². The van der Waals surface area contributed by atoms with Crippen LogP contribution in [0.15, 0.2) is 29.4 Å². The molecule has 0 aliphatic carbocycles. The summed E-state index contributed by atoms with van der Waals surface area (Å²) in [5.41, 5.74) is 2.80. The van der Waals surface area contributed by atoms with E-state index >= 15 is 0 Å². The van der Waals surface area contributed by atoms with E-state index < -0.39 is 0 Å². The van der Waals surface area contributed by atoms with Gasteiger partial charge in [-0.3, -0.25) is 4.79 Å². The number of hydrogen-bond donors (Lipinski definition) is 1. The highest BCUT2D eigenvalue weighted by molar-refractivity contribution is 7.99. The third kappa shape index (κ3) is 3.43. The number of rotatable bonds is 5. The second kappa shape index (κ2) is 6.83. The highest BCUT2D eigenvalue weighted by atomic mass is 32.2. The molecule has 2 aromatic heterocycles. The van der Waals surface area contributed by atoms with Gasteiger partial charge in [0.25, 0.3) is 5.78 Å². The molecule has 134 valence electrons. The molecular weight excluding hydrogens is 354 g/mol. The van der Waals surface area contributed by atoms with E-state index in [0.29, 0.717) is 23.2 Å². The maximum atomic E-state index is 12.1. The van der Waals surface area contributed by atoms with Crippen molar-refractivity contribution in [1.29, 1.82) is 0 Å². The van der Waals surface area contributed by atoms with Crippen LogP contribution >= 0.6 is 11.8 Å². The molecule has 8 nitrogen and oxygen atoms in total. The molecule has 3 heterocycles. The van der Waals surface area contributed by atoms with Crippen molar-refractivity contribution in [1.82, 2.24) is 24.9 Å². The number of amides is 1. The average Bonchev–Trinajstić information content (AvgIpc) is 3.24. The molecule has 0 saturated carbocycles. The number of aromatic nitrogens is 4. The fourth-order valence-corrected chi connectivity index (χ4v) is 3.29. The van der Waals surface area contributed by atoms with Crippen molar-refractivity contribution in [3.05, 3.63) is 41.2 Å². The molecule has 0 atom stereocenters. The lowest BCUT2D eigenvalue weighted by molar-refractivity contribution is -0.118. The first-order valence-electron chi connectivity index (χ1n) is 8.07. The van der Waals surface area contributed by atoms with E-state index in [1.54, 1.807) is 4.52 Å². The van der Waals surface area contributed by atoms with Gasteiger partial charge in [0.1, 0.15) is 0 Å². The van der Waals surface area contributed by atoms with Crippen molar-refractivity contribution in [3.63, 3.8) is 0 Å². The van der Waals surface area contributed by atoms with Gasteiger partial charge in [-0.2, -0.15) is 4.98 Å². The molecule has 1 amide bonds. The van der Waals surface area contributed by atoms with Crippen LogP contribution in [0.4, 0.5) is 0 Å². The molecular formula is C17H17N5O3S. The Morgan fingerprint density at radius 3 is 2.96 bits per heavy atom. The van der Waals surface area contributed by atoms with Gasteiger partial charge in [0.2, 0.25) is 17.9 Å². The highest BCUT2D eigenvalue weighted by Gasteiger charge is 2.14. The molecule has 9 heteroatoms. The topological polar surface area (TPSA) is 90.6 Å². The lowest BCUT2D eigenvalue weighted by atomic mass is 10.2. The van der Waals surface area contributed by atoms with Crippen LogP contribution < -0.4 is 14.8 Å². The molecule has 1 aliphatic rings. The molecule has 0 bridgehead atoms. The first kappa shape index (κ1) is 16.6. The number of ether oxygens (including phenoxy) is 2. The van der Waals surface area contributed by atoms with Gasteiger partial charge in [-0.25, -0.2) is 9.50 Å². The number of hydrogen-bond acceptors (Lipinski definition) is 7. The molecule has 0 radical (unpaired) electrons. The van der Waals surface area contributed by atoms with E-state index in [2.05, 4.69) is 20.4 Å². The summed E-state index contributed by atoms with van der Waals surface area (Å²) in [6, 6.07) is 7.56. The second-order valence-electron chi connectivity index (χ2n) is 5.90. The zero-order chi connectivity index (χ0) is 18.1. The molecule has 1 aromatic carbocycles. The molecule has 4 rings (SSSR count). The third-order valence-corrected chi connectivity index (χ3v) is 4.70. The lowest BCUT2D eigenvalue weighted by Crippen LogP contribution is -2.24. The van der Waals surface area contributed by atoms with Gasteiger partial charge in [-0.05, 0) is 37.6 Å². The summed E-state index contributed by atoms with van der Waals surface area (Å²) in [5, 5.41) is 7.79. The van der Waals surface area contributed by atoms with Gasteiger partial charge in [0.05, 0.1) is 5.75 Å². The molecule has 26 heavy (non-hydrogen) atoms. The maximum Gasteiger partial charge on any atom is 0.253 e. The number of nitrogens with one attached hydrogen (secondary N) is 1. The van der Waals surface area contributed by atoms with E-state index in [-0.39, 0.29) is 18.5 Å². The van der Waals surface area contributed by atoms with Gasteiger partial charge >= 0.3 is 0 Å². The van der Waals surface area contributed by atoms with Crippen LogP contribution in [0.5, 0.6) is 11.5 Å². The number of carbonyl (C=O) groups excluding carboxylic acids is 1. The SMILES string of the molecule is Cc1cc(C)n2nc(SCC(=O)NCc3ccc4c(c3)OCO4)nc2n1. The Morgan fingerprint density at radius 1 is 1.23 bits per heavy atom. The number of nitrogens with zero attached hydrogens (tertiary/aromatic N) is 4. The van der Waals surface area contributed by atoms with Crippen LogP contribution in [0.1, 0.15) is 17.0 Å². The standard InChI is InChI=1S/C17H17N5O3S/c1-10-5-11(2)22-16(19-10)20-17(21-22)26-8-15(23)18-7-12-3-4-13-14(6-12)25-9-24-13/h3-6H,7-9H2,1-2H3,(H,18,23). The van der Waals surface area contributed by atoms with Crippen molar-refractivity contribution in [2.45, 2.75) is 25.5 Å². The summed E-state index contributed by atoms with van der Waals surface area (Å²) in [5.74, 6) is 2.13. The quantitative estimate of drug-likeness (QED) is 0.685. The predicted molar refractivity (Wildman–Crippen MR) is 95.4 cm³/mol. The van der Waals surface area contributed by atoms with Crippen LogP contribution in [0.3, 0.4) is 0 Å².